The van der Waals surface area contributed by atoms with Crippen LogP contribution in [0, 0.1) is 0 Å². The minimum atomic E-state index is -4.45. The Balaban J connectivity index is 1.23. The van der Waals surface area contributed by atoms with Crippen molar-refractivity contribution in [1.29, 1.82) is 0 Å². The summed E-state index contributed by atoms with van der Waals surface area (Å²) in [6, 6.07) is 18.4. The lowest BCUT2D eigenvalue weighted by Crippen LogP contribution is -2.15. The molecule has 3 aromatic carbocycles. The summed E-state index contributed by atoms with van der Waals surface area (Å²) in [5.74, 6) is 2.06. The van der Waals surface area contributed by atoms with Crippen molar-refractivity contribution in [2.45, 2.75) is 18.6 Å². The molecular formula is C30H22F3N7O2. The van der Waals surface area contributed by atoms with Gasteiger partial charge in [0.15, 0.2) is 23.1 Å². The molecule has 0 bridgehead atoms. The summed E-state index contributed by atoms with van der Waals surface area (Å²) in [4.78, 5) is 17.5. The van der Waals surface area contributed by atoms with E-state index in [1.165, 1.54) is 18.6 Å². The Morgan fingerprint density at radius 2 is 1.81 bits per heavy atom. The Bertz CT molecular complexity index is 1880. The number of hydrogen-bond donors (Lipinski definition) is 3. The molecule has 0 saturated heterocycles. The largest absolute Gasteiger partial charge is 0.454 e. The molecule has 0 aliphatic carbocycles. The summed E-state index contributed by atoms with van der Waals surface area (Å²) in [6.45, 7) is 0.162. The van der Waals surface area contributed by atoms with Gasteiger partial charge in [0.1, 0.15) is 12.0 Å². The minimum Gasteiger partial charge on any atom is -0.454 e. The standard InChI is InChI=1S/C30H22F3N7O2/c31-30(32,33)18-5-6-20-21(8-9-35-24(20)12-18)38-19-3-1-2-16(10-19)23-13-22(17-4-7-25-26(11-17)42-15-41-25)39-27-28(34)36-14-37-29(27)40-23/h1-12,14,23H,13,15H2,(H,35,38)(H3,34,36,37,40). The number of fused-ring (bicyclic) bond motifs is 3. The van der Waals surface area contributed by atoms with Crippen LogP contribution in [0.3, 0.4) is 0 Å². The Labute approximate surface area is 237 Å². The van der Waals surface area contributed by atoms with Crippen molar-refractivity contribution < 1.29 is 22.6 Å². The van der Waals surface area contributed by atoms with Gasteiger partial charge in [-0.05, 0) is 59.7 Å². The molecule has 2 aliphatic heterocycles. The number of aliphatic imine (C=N–C) groups is 1. The average Bonchev–Trinajstić information content (AvgIpc) is 3.36. The predicted octanol–water partition coefficient (Wildman–Crippen LogP) is 6.78. The van der Waals surface area contributed by atoms with Gasteiger partial charge < -0.3 is 25.8 Å². The molecule has 12 heteroatoms. The highest BCUT2D eigenvalue weighted by molar-refractivity contribution is 6.05. The van der Waals surface area contributed by atoms with Gasteiger partial charge in [-0.2, -0.15) is 13.2 Å². The zero-order chi connectivity index (χ0) is 28.8. The van der Waals surface area contributed by atoms with Crippen LogP contribution in [-0.2, 0) is 6.18 Å². The lowest BCUT2D eigenvalue weighted by Gasteiger charge is -2.20. The summed E-state index contributed by atoms with van der Waals surface area (Å²) >= 11 is 0. The second-order valence-electron chi connectivity index (χ2n) is 9.82. The number of halogens is 3. The summed E-state index contributed by atoms with van der Waals surface area (Å²) in [7, 11) is 0. The second-order valence-corrected chi connectivity index (χ2v) is 9.82. The van der Waals surface area contributed by atoms with Crippen LogP contribution in [0.2, 0.25) is 0 Å². The third kappa shape index (κ3) is 4.76. The molecule has 1 unspecified atom stereocenters. The second kappa shape index (κ2) is 9.91. The van der Waals surface area contributed by atoms with E-state index in [9.17, 15) is 13.2 Å². The van der Waals surface area contributed by atoms with Crippen molar-refractivity contribution >= 4 is 45.3 Å². The Hall–Kier alpha value is -5.39. The molecule has 9 nitrogen and oxygen atoms in total. The molecule has 0 amide bonds. The predicted molar refractivity (Wildman–Crippen MR) is 153 cm³/mol. The molecule has 2 aromatic heterocycles. The molecule has 0 fully saturated rings. The maximum absolute atomic E-state index is 13.2. The van der Waals surface area contributed by atoms with E-state index < -0.39 is 11.7 Å². The summed E-state index contributed by atoms with van der Waals surface area (Å²) in [5.41, 5.74) is 10.0. The Morgan fingerprint density at radius 3 is 2.69 bits per heavy atom. The van der Waals surface area contributed by atoms with Crippen molar-refractivity contribution in [1.82, 2.24) is 15.0 Å². The number of pyridine rings is 1. The van der Waals surface area contributed by atoms with E-state index in [0.29, 0.717) is 40.5 Å². The topological polar surface area (TPSA) is 120 Å². The lowest BCUT2D eigenvalue weighted by atomic mass is 9.96. The van der Waals surface area contributed by atoms with Gasteiger partial charge in [-0.3, -0.25) is 4.98 Å². The number of benzene rings is 3. The summed E-state index contributed by atoms with van der Waals surface area (Å²) < 4.78 is 50.8. The van der Waals surface area contributed by atoms with E-state index in [-0.39, 0.29) is 24.2 Å². The smallest absolute Gasteiger partial charge is 0.416 e. The van der Waals surface area contributed by atoms with Gasteiger partial charge in [-0.25, -0.2) is 15.0 Å². The van der Waals surface area contributed by atoms with Gasteiger partial charge in [-0.15, -0.1) is 0 Å². The van der Waals surface area contributed by atoms with Crippen molar-refractivity contribution in [2.24, 2.45) is 4.99 Å². The van der Waals surface area contributed by atoms with E-state index in [1.807, 2.05) is 42.5 Å². The molecule has 42 heavy (non-hydrogen) atoms. The van der Waals surface area contributed by atoms with Gasteiger partial charge in [0.05, 0.1) is 22.8 Å². The monoisotopic (exact) mass is 569 g/mol. The molecule has 5 aromatic rings. The molecule has 0 radical (unpaired) electrons. The highest BCUT2D eigenvalue weighted by atomic mass is 19.4. The normalized spacial score (nSPS) is 15.9. The number of alkyl halides is 3. The van der Waals surface area contributed by atoms with E-state index in [4.69, 9.17) is 20.2 Å². The van der Waals surface area contributed by atoms with Gasteiger partial charge in [0.2, 0.25) is 6.79 Å². The maximum atomic E-state index is 13.2. The minimum absolute atomic E-state index is 0.162. The third-order valence-corrected chi connectivity index (χ3v) is 7.15. The van der Waals surface area contributed by atoms with Gasteiger partial charge in [0, 0.05) is 29.4 Å². The Morgan fingerprint density at radius 1 is 0.929 bits per heavy atom. The first-order valence-electron chi connectivity index (χ1n) is 13.0. The van der Waals surface area contributed by atoms with E-state index in [0.717, 1.165) is 34.7 Å². The highest BCUT2D eigenvalue weighted by Crippen LogP contribution is 2.40. The zero-order valence-corrected chi connectivity index (χ0v) is 21.8. The average molecular weight is 570 g/mol. The number of nitrogens with zero attached hydrogens (tertiary/aromatic N) is 4. The van der Waals surface area contributed by atoms with E-state index in [2.05, 4.69) is 25.6 Å². The lowest BCUT2D eigenvalue weighted by molar-refractivity contribution is -0.137. The summed E-state index contributed by atoms with van der Waals surface area (Å²) in [6.07, 6.45) is -1.10. The van der Waals surface area contributed by atoms with E-state index in [1.54, 1.807) is 6.07 Å². The molecule has 2 aliphatic rings. The maximum Gasteiger partial charge on any atom is 0.416 e. The number of nitrogens with one attached hydrogen (secondary N) is 2. The third-order valence-electron chi connectivity index (χ3n) is 7.15. The van der Waals surface area contributed by atoms with E-state index >= 15 is 0 Å². The molecule has 4 N–H and O–H groups in total. The van der Waals surface area contributed by atoms with Crippen molar-refractivity contribution in [2.75, 3.05) is 23.2 Å². The number of nitrogens with two attached hydrogens (primary N) is 1. The van der Waals surface area contributed by atoms with Gasteiger partial charge >= 0.3 is 6.18 Å². The fourth-order valence-electron chi connectivity index (χ4n) is 5.08. The number of hydrogen-bond acceptors (Lipinski definition) is 9. The number of ether oxygens (including phenoxy) is 2. The number of anilines is 4. The molecular weight excluding hydrogens is 547 g/mol. The molecule has 7 rings (SSSR count). The fourth-order valence-corrected chi connectivity index (χ4v) is 5.08. The molecule has 1 atom stereocenters. The van der Waals surface area contributed by atoms with Crippen LogP contribution >= 0.6 is 0 Å². The van der Waals surface area contributed by atoms with Crippen LogP contribution in [-0.4, -0.2) is 27.5 Å². The first-order valence-corrected chi connectivity index (χ1v) is 13.0. The first-order chi connectivity index (χ1) is 20.3. The molecule has 4 heterocycles. The first kappa shape index (κ1) is 25.6. The van der Waals surface area contributed by atoms with Crippen LogP contribution in [0.15, 0.2) is 84.2 Å². The van der Waals surface area contributed by atoms with Crippen LogP contribution in [0.25, 0.3) is 10.9 Å². The number of aromatic nitrogens is 3. The Kier molecular flexibility index (Phi) is 6.03. The van der Waals surface area contributed by atoms with Gasteiger partial charge in [-0.1, -0.05) is 18.2 Å². The van der Waals surface area contributed by atoms with Crippen molar-refractivity contribution in [3.63, 3.8) is 0 Å². The van der Waals surface area contributed by atoms with Crippen molar-refractivity contribution in [3.8, 4) is 11.5 Å². The van der Waals surface area contributed by atoms with Crippen LogP contribution in [0.4, 0.5) is 41.9 Å². The van der Waals surface area contributed by atoms with Crippen LogP contribution in [0.1, 0.15) is 29.2 Å². The van der Waals surface area contributed by atoms with Crippen LogP contribution in [0.5, 0.6) is 11.5 Å². The van der Waals surface area contributed by atoms with Crippen LogP contribution < -0.4 is 25.8 Å². The quantitative estimate of drug-likeness (QED) is 0.217. The zero-order valence-electron chi connectivity index (χ0n) is 21.8. The SMILES string of the molecule is Nc1ncnc2c1N=C(c1ccc3c(c1)OCO3)CC(c1cccc(Nc3ccnc4cc(C(F)(F)F)ccc34)c1)N2. The molecule has 210 valence electrons. The fraction of sp³-hybridized carbons (Fsp3) is 0.133. The number of rotatable bonds is 4. The van der Waals surface area contributed by atoms with Crippen molar-refractivity contribution in [3.05, 3.63) is 95.9 Å². The summed E-state index contributed by atoms with van der Waals surface area (Å²) in [5, 5.41) is 7.38. The van der Waals surface area contributed by atoms with Gasteiger partial charge in [0.25, 0.3) is 0 Å². The molecule has 0 saturated carbocycles. The molecule has 0 spiro atoms. The number of nitrogen functional groups attached to an aromatic ring is 1. The highest BCUT2D eigenvalue weighted by Gasteiger charge is 2.31.